The van der Waals surface area contributed by atoms with Crippen molar-refractivity contribution in [2.45, 2.75) is 26.4 Å². The summed E-state index contributed by atoms with van der Waals surface area (Å²) in [4.78, 5) is 17.9. The maximum absolute atomic E-state index is 11.7. The van der Waals surface area contributed by atoms with Gasteiger partial charge in [-0.2, -0.15) is 0 Å². The minimum absolute atomic E-state index is 0.00843. The van der Waals surface area contributed by atoms with Gasteiger partial charge in [-0.15, -0.1) is 11.3 Å². The molecule has 2 heterocycles. The monoisotopic (exact) mass is 355 g/mol. The highest BCUT2D eigenvalue weighted by Crippen LogP contribution is 2.24. The topological polar surface area (TPSA) is 58.4 Å². The van der Waals surface area contributed by atoms with Crippen molar-refractivity contribution in [3.05, 3.63) is 71.1 Å². The Hall–Kier alpha value is -2.44. The van der Waals surface area contributed by atoms with Crippen molar-refractivity contribution in [3.63, 3.8) is 0 Å². The van der Waals surface area contributed by atoms with Gasteiger partial charge >= 0.3 is 0 Å². The number of aromatic nitrogens is 1. The second-order valence-corrected chi connectivity index (χ2v) is 6.46. The number of nitrogens with one attached hydrogen (secondary N) is 1. The molecule has 3 rings (SSSR count). The van der Waals surface area contributed by atoms with Gasteiger partial charge in [0.25, 0.3) is 0 Å². The quantitative estimate of drug-likeness (QED) is 0.696. The zero-order valence-electron chi connectivity index (χ0n) is 14.3. The van der Waals surface area contributed by atoms with E-state index in [-0.39, 0.29) is 11.9 Å². The first-order valence-corrected chi connectivity index (χ1v) is 9.11. The van der Waals surface area contributed by atoms with E-state index in [1.54, 1.807) is 18.1 Å². The molecule has 0 aliphatic heterocycles. The highest BCUT2D eigenvalue weighted by molar-refractivity contribution is 7.14. The van der Waals surface area contributed by atoms with Crippen LogP contribution in [0.4, 0.5) is 5.13 Å². The third kappa shape index (κ3) is 4.15. The van der Waals surface area contributed by atoms with Gasteiger partial charge in [-0.05, 0) is 24.6 Å². The van der Waals surface area contributed by atoms with E-state index in [0.717, 1.165) is 22.1 Å². The summed E-state index contributed by atoms with van der Waals surface area (Å²) in [6, 6.07) is 14.0. The molecule has 1 aromatic carbocycles. The summed E-state index contributed by atoms with van der Waals surface area (Å²) in [5.74, 6) is 0.870. The summed E-state index contributed by atoms with van der Waals surface area (Å²) in [7, 11) is 0. The van der Waals surface area contributed by atoms with Crippen LogP contribution in [-0.4, -0.2) is 17.4 Å². The molecule has 1 N–H and O–H groups in total. The minimum atomic E-state index is -0.0450. The van der Waals surface area contributed by atoms with Crippen LogP contribution in [0, 0.1) is 0 Å². The Morgan fingerprint density at radius 2 is 2.08 bits per heavy atom. The summed E-state index contributed by atoms with van der Waals surface area (Å²) in [6.45, 7) is 4.72. The zero-order valence-corrected chi connectivity index (χ0v) is 15.1. The third-order valence-electron chi connectivity index (χ3n) is 3.91. The van der Waals surface area contributed by atoms with Crippen LogP contribution in [0.25, 0.3) is 0 Å². The number of amides is 1. The van der Waals surface area contributed by atoms with E-state index in [2.05, 4.69) is 22.4 Å². The molecule has 25 heavy (non-hydrogen) atoms. The summed E-state index contributed by atoms with van der Waals surface area (Å²) in [5.41, 5.74) is 2.04. The molecule has 1 unspecified atom stereocenters. The van der Waals surface area contributed by atoms with Crippen LogP contribution >= 0.6 is 11.3 Å². The van der Waals surface area contributed by atoms with Gasteiger partial charge in [-0.25, -0.2) is 4.98 Å². The van der Waals surface area contributed by atoms with Crippen LogP contribution in [0.15, 0.2) is 58.5 Å². The van der Waals surface area contributed by atoms with Crippen LogP contribution in [0.3, 0.4) is 0 Å². The van der Waals surface area contributed by atoms with Gasteiger partial charge in [0.05, 0.1) is 18.0 Å². The summed E-state index contributed by atoms with van der Waals surface area (Å²) in [6.07, 6.45) is 1.68. The normalized spacial score (nSPS) is 12.1. The van der Waals surface area contributed by atoms with Gasteiger partial charge in [-0.1, -0.05) is 30.3 Å². The molecule has 5 nitrogen and oxygen atoms in total. The fraction of sp³-hybridized carbons (Fsp3) is 0.263. The van der Waals surface area contributed by atoms with Crippen molar-refractivity contribution in [3.8, 4) is 0 Å². The molecule has 0 aliphatic rings. The predicted molar refractivity (Wildman–Crippen MR) is 99.6 cm³/mol. The van der Waals surface area contributed by atoms with Gasteiger partial charge in [0.1, 0.15) is 5.76 Å². The number of hydrogen-bond acceptors (Lipinski definition) is 5. The van der Waals surface area contributed by atoms with Crippen molar-refractivity contribution in [2.24, 2.45) is 0 Å². The van der Waals surface area contributed by atoms with E-state index in [1.807, 2.05) is 42.6 Å². The van der Waals surface area contributed by atoms with Crippen molar-refractivity contribution >= 4 is 22.4 Å². The van der Waals surface area contributed by atoms with Gasteiger partial charge in [0.2, 0.25) is 5.91 Å². The van der Waals surface area contributed by atoms with E-state index in [1.165, 1.54) is 11.3 Å². The molecule has 130 valence electrons. The number of thiazole rings is 1. The lowest BCUT2D eigenvalue weighted by Crippen LogP contribution is -2.28. The largest absolute Gasteiger partial charge is 0.467 e. The van der Waals surface area contributed by atoms with Crippen LogP contribution < -0.4 is 10.2 Å². The number of rotatable bonds is 7. The molecular weight excluding hydrogens is 334 g/mol. The zero-order chi connectivity index (χ0) is 17.6. The summed E-state index contributed by atoms with van der Waals surface area (Å²) < 4.78 is 5.60. The van der Waals surface area contributed by atoms with E-state index >= 15 is 0 Å². The molecule has 2 aromatic heterocycles. The highest BCUT2D eigenvalue weighted by Gasteiger charge is 2.18. The van der Waals surface area contributed by atoms with Crippen LogP contribution in [0.5, 0.6) is 0 Å². The summed E-state index contributed by atoms with van der Waals surface area (Å²) in [5, 5.41) is 6.22. The number of carbonyl (C=O) groups excluding carboxylic acids is 1. The van der Waals surface area contributed by atoms with Gasteiger partial charge < -0.3 is 4.42 Å². The van der Waals surface area contributed by atoms with Crippen molar-refractivity contribution in [2.75, 3.05) is 11.4 Å². The van der Waals surface area contributed by atoms with E-state index in [9.17, 15) is 4.79 Å². The Labute approximate surface area is 151 Å². The first-order valence-electron chi connectivity index (χ1n) is 8.23. The molecular formula is C19H21N3O2S. The lowest BCUT2D eigenvalue weighted by molar-refractivity contribution is -0.116. The molecule has 0 saturated heterocycles. The minimum Gasteiger partial charge on any atom is -0.467 e. The first kappa shape index (κ1) is 17.4. The molecule has 0 radical (unpaired) electrons. The number of hydrogen-bond donors (Lipinski definition) is 1. The maximum Gasteiger partial charge on any atom is 0.225 e. The van der Waals surface area contributed by atoms with Gasteiger partial charge in [0.15, 0.2) is 5.13 Å². The standard InChI is InChI=1S/C19H21N3O2S/c1-3-22(14(2)23)19-21-16(13-25-19)12-20-18(17-10-7-11-24-17)15-8-5-4-6-9-15/h4-11,13,18,20H,3,12H2,1-2H3. The Morgan fingerprint density at radius 3 is 2.72 bits per heavy atom. The first-order chi connectivity index (χ1) is 12.2. The van der Waals surface area contributed by atoms with Gasteiger partial charge in [-0.3, -0.25) is 15.0 Å². The average molecular weight is 355 g/mol. The Kier molecular flexibility index (Phi) is 5.63. The smallest absolute Gasteiger partial charge is 0.225 e. The average Bonchev–Trinajstić information content (AvgIpc) is 3.29. The number of anilines is 1. The number of benzene rings is 1. The molecule has 1 atom stereocenters. The second kappa shape index (κ2) is 8.09. The fourth-order valence-electron chi connectivity index (χ4n) is 2.68. The lowest BCUT2D eigenvalue weighted by Gasteiger charge is -2.17. The lowest BCUT2D eigenvalue weighted by atomic mass is 10.0. The fourth-order valence-corrected chi connectivity index (χ4v) is 3.62. The molecule has 3 aromatic rings. The molecule has 0 saturated carbocycles. The molecule has 6 heteroatoms. The van der Waals surface area contributed by atoms with Crippen LogP contribution in [0.1, 0.15) is 36.9 Å². The van der Waals surface area contributed by atoms with Crippen LogP contribution in [0.2, 0.25) is 0 Å². The summed E-state index contributed by atoms with van der Waals surface area (Å²) >= 11 is 1.49. The number of nitrogens with zero attached hydrogens (tertiary/aromatic N) is 2. The Morgan fingerprint density at radius 1 is 1.28 bits per heavy atom. The van der Waals surface area contributed by atoms with E-state index < -0.39 is 0 Å². The van der Waals surface area contributed by atoms with E-state index in [0.29, 0.717) is 13.1 Å². The van der Waals surface area contributed by atoms with Crippen molar-refractivity contribution in [1.29, 1.82) is 0 Å². The molecule has 1 amide bonds. The molecule has 0 fully saturated rings. The Bertz CT molecular complexity index is 799. The SMILES string of the molecule is CCN(C(C)=O)c1nc(CNC(c2ccccc2)c2ccco2)cs1. The highest BCUT2D eigenvalue weighted by atomic mass is 32.1. The molecule has 0 aliphatic carbocycles. The van der Waals surface area contributed by atoms with Gasteiger partial charge in [0, 0.05) is 25.4 Å². The van der Waals surface area contributed by atoms with Crippen LogP contribution in [-0.2, 0) is 11.3 Å². The Balaban J connectivity index is 1.74. The molecule has 0 spiro atoms. The second-order valence-electron chi connectivity index (χ2n) is 5.62. The number of furan rings is 1. The van der Waals surface area contributed by atoms with Crippen molar-refractivity contribution in [1.82, 2.24) is 10.3 Å². The third-order valence-corrected chi connectivity index (χ3v) is 4.83. The van der Waals surface area contributed by atoms with E-state index in [4.69, 9.17) is 4.42 Å². The predicted octanol–water partition coefficient (Wildman–Crippen LogP) is 3.99. The number of carbonyl (C=O) groups is 1. The molecule has 0 bridgehead atoms. The van der Waals surface area contributed by atoms with Crippen molar-refractivity contribution < 1.29 is 9.21 Å². The maximum atomic E-state index is 11.7.